The molecule has 4 rings (SSSR count). The van der Waals surface area contributed by atoms with Gasteiger partial charge >= 0.3 is 5.97 Å². The van der Waals surface area contributed by atoms with E-state index in [4.69, 9.17) is 4.74 Å². The summed E-state index contributed by atoms with van der Waals surface area (Å²) in [6.45, 7) is 3.39. The van der Waals surface area contributed by atoms with Crippen LogP contribution in [0.1, 0.15) is 63.0 Å². The summed E-state index contributed by atoms with van der Waals surface area (Å²) in [6.07, 6.45) is 7.74. The second-order valence-electron chi connectivity index (χ2n) is 8.77. The topological polar surface area (TPSA) is 49.8 Å². The first-order valence-corrected chi connectivity index (χ1v) is 11.4. The highest BCUT2D eigenvalue weighted by Gasteiger charge is 2.46. The normalized spacial score (nSPS) is 24.0. The molecule has 2 aromatic rings. The Hall–Kier alpha value is -2.17. The quantitative estimate of drug-likeness (QED) is 0.511. The fraction of sp³-hybridized carbons (Fsp3) is 0.500. The largest absolute Gasteiger partial charge is 0.460 e. The van der Waals surface area contributed by atoms with E-state index in [1.165, 1.54) is 32.1 Å². The number of rotatable bonds is 8. The molecule has 0 saturated carbocycles. The van der Waals surface area contributed by atoms with E-state index in [9.17, 15) is 9.90 Å². The predicted octanol–water partition coefficient (Wildman–Crippen LogP) is 4.65. The van der Waals surface area contributed by atoms with Crippen molar-refractivity contribution in [2.45, 2.75) is 75.7 Å². The van der Waals surface area contributed by atoms with Crippen LogP contribution in [0.3, 0.4) is 0 Å². The Morgan fingerprint density at radius 3 is 2.00 bits per heavy atom. The van der Waals surface area contributed by atoms with Crippen molar-refractivity contribution in [3.63, 3.8) is 0 Å². The molecule has 1 N–H and O–H groups in total. The van der Waals surface area contributed by atoms with Gasteiger partial charge in [0, 0.05) is 24.9 Å². The summed E-state index contributed by atoms with van der Waals surface area (Å²) in [5.74, 6) is -0.566. The Morgan fingerprint density at radius 2 is 1.50 bits per heavy atom. The van der Waals surface area contributed by atoms with Gasteiger partial charge in [-0.2, -0.15) is 0 Å². The highest BCUT2D eigenvalue weighted by Crippen LogP contribution is 2.39. The average molecular weight is 408 g/mol. The number of aliphatic hydroxyl groups is 1. The smallest absolute Gasteiger partial charge is 0.347 e. The van der Waals surface area contributed by atoms with E-state index < -0.39 is 11.6 Å². The van der Waals surface area contributed by atoms with Crippen molar-refractivity contribution in [1.82, 2.24) is 4.90 Å². The van der Waals surface area contributed by atoms with Crippen LogP contribution >= 0.6 is 0 Å². The third-order valence-electron chi connectivity index (χ3n) is 6.81. The van der Waals surface area contributed by atoms with Crippen molar-refractivity contribution in [2.24, 2.45) is 0 Å². The number of carbonyl (C=O) groups excluding carboxylic acids is 1. The summed E-state index contributed by atoms with van der Waals surface area (Å²) in [6, 6.07) is 19.3. The number of hydrogen-bond donors (Lipinski definition) is 1. The molecule has 2 bridgehead atoms. The summed E-state index contributed by atoms with van der Waals surface area (Å²) in [4.78, 5) is 16.0. The summed E-state index contributed by atoms with van der Waals surface area (Å²) in [5, 5.41) is 11.6. The molecule has 2 unspecified atom stereocenters. The zero-order chi connectivity index (χ0) is 21.0. The molecule has 30 heavy (non-hydrogen) atoms. The molecule has 4 heteroatoms. The number of carbonyl (C=O) groups is 1. The van der Waals surface area contributed by atoms with Gasteiger partial charge in [-0.1, -0.05) is 80.4 Å². The van der Waals surface area contributed by atoms with Crippen molar-refractivity contribution in [3.8, 4) is 0 Å². The van der Waals surface area contributed by atoms with Crippen molar-refractivity contribution in [1.29, 1.82) is 0 Å². The molecule has 2 aliphatic rings. The molecular weight excluding hydrogens is 374 g/mol. The maximum atomic E-state index is 13.4. The van der Waals surface area contributed by atoms with Gasteiger partial charge in [0.15, 0.2) is 0 Å². The highest BCUT2D eigenvalue weighted by molar-refractivity contribution is 5.85. The van der Waals surface area contributed by atoms with E-state index in [-0.39, 0.29) is 6.10 Å². The molecule has 2 fully saturated rings. The second kappa shape index (κ2) is 9.32. The number of esters is 1. The molecule has 0 aliphatic carbocycles. The van der Waals surface area contributed by atoms with E-state index in [2.05, 4.69) is 11.8 Å². The number of benzene rings is 2. The molecule has 160 valence electrons. The number of ether oxygens (including phenoxy) is 1. The van der Waals surface area contributed by atoms with E-state index >= 15 is 0 Å². The van der Waals surface area contributed by atoms with Gasteiger partial charge in [-0.3, -0.25) is 4.90 Å². The van der Waals surface area contributed by atoms with Crippen LogP contribution < -0.4 is 0 Å². The predicted molar refractivity (Wildman–Crippen MR) is 118 cm³/mol. The average Bonchev–Trinajstić information content (AvgIpc) is 3.02. The molecule has 2 aromatic carbocycles. The van der Waals surface area contributed by atoms with Gasteiger partial charge in [-0.15, -0.1) is 0 Å². The third-order valence-corrected chi connectivity index (χ3v) is 6.81. The highest BCUT2D eigenvalue weighted by atomic mass is 16.6. The van der Waals surface area contributed by atoms with Crippen LogP contribution in [-0.4, -0.2) is 40.7 Å². The maximum Gasteiger partial charge on any atom is 0.347 e. The molecule has 2 aliphatic heterocycles. The molecule has 0 radical (unpaired) electrons. The number of nitrogens with zero attached hydrogens (tertiary/aromatic N) is 1. The fourth-order valence-corrected chi connectivity index (χ4v) is 5.23. The minimum atomic E-state index is -1.79. The molecule has 0 amide bonds. The lowest BCUT2D eigenvalue weighted by Gasteiger charge is -2.39. The van der Waals surface area contributed by atoms with Crippen LogP contribution in [0.4, 0.5) is 0 Å². The first kappa shape index (κ1) is 21.1. The lowest BCUT2D eigenvalue weighted by Crippen LogP contribution is -2.48. The van der Waals surface area contributed by atoms with Crippen LogP contribution in [0.15, 0.2) is 60.7 Å². The summed E-state index contributed by atoms with van der Waals surface area (Å²) < 4.78 is 6.00. The lowest BCUT2D eigenvalue weighted by atomic mass is 9.86. The molecular formula is C26H33NO3. The van der Waals surface area contributed by atoms with Crippen molar-refractivity contribution in [3.05, 3.63) is 71.8 Å². The van der Waals surface area contributed by atoms with Crippen molar-refractivity contribution >= 4 is 5.97 Å². The van der Waals surface area contributed by atoms with Crippen LogP contribution in [0.2, 0.25) is 0 Å². The van der Waals surface area contributed by atoms with E-state index in [1.54, 1.807) is 24.3 Å². The third kappa shape index (κ3) is 4.17. The Morgan fingerprint density at radius 1 is 0.967 bits per heavy atom. The molecule has 2 saturated heterocycles. The number of piperidine rings is 1. The van der Waals surface area contributed by atoms with Gasteiger partial charge < -0.3 is 9.84 Å². The standard InChI is InChI=1S/C26H33NO3/c1-2-3-10-17-27-22-15-16-23(27)19-24(18-22)30-25(28)26(29,20-11-6-4-7-12-20)21-13-8-5-9-14-21/h4-9,11-14,22-24,29H,2-3,10,15-19H2,1H3. The molecule has 2 atom stereocenters. The van der Waals surface area contributed by atoms with Crippen LogP contribution in [-0.2, 0) is 15.1 Å². The maximum absolute atomic E-state index is 13.4. The van der Waals surface area contributed by atoms with Gasteiger partial charge in [0.2, 0.25) is 5.60 Å². The van der Waals surface area contributed by atoms with E-state index in [0.29, 0.717) is 23.2 Å². The van der Waals surface area contributed by atoms with Gasteiger partial charge in [0.05, 0.1) is 0 Å². The van der Waals surface area contributed by atoms with Gasteiger partial charge in [0.25, 0.3) is 0 Å². The fourth-order valence-electron chi connectivity index (χ4n) is 5.23. The van der Waals surface area contributed by atoms with E-state index in [0.717, 1.165) is 19.4 Å². The Balaban J connectivity index is 1.49. The van der Waals surface area contributed by atoms with Gasteiger partial charge in [-0.05, 0) is 36.9 Å². The summed E-state index contributed by atoms with van der Waals surface area (Å²) in [7, 11) is 0. The Labute approximate surface area is 179 Å². The first-order valence-electron chi connectivity index (χ1n) is 11.4. The van der Waals surface area contributed by atoms with Crippen LogP contribution in [0, 0.1) is 0 Å². The van der Waals surface area contributed by atoms with Crippen LogP contribution in [0.5, 0.6) is 0 Å². The van der Waals surface area contributed by atoms with Crippen molar-refractivity contribution in [2.75, 3.05) is 6.54 Å². The second-order valence-corrected chi connectivity index (χ2v) is 8.77. The molecule has 2 heterocycles. The number of fused-ring (bicyclic) bond motifs is 2. The molecule has 0 aromatic heterocycles. The molecule has 4 nitrogen and oxygen atoms in total. The number of unbranched alkanes of at least 4 members (excludes halogenated alkanes) is 2. The summed E-state index contributed by atoms with van der Waals surface area (Å²) in [5.41, 5.74) is -0.706. The van der Waals surface area contributed by atoms with Gasteiger partial charge in [-0.25, -0.2) is 4.79 Å². The van der Waals surface area contributed by atoms with Crippen molar-refractivity contribution < 1.29 is 14.6 Å². The zero-order valence-corrected chi connectivity index (χ0v) is 17.9. The van der Waals surface area contributed by atoms with Gasteiger partial charge in [0.1, 0.15) is 6.10 Å². The SMILES string of the molecule is CCCCCN1C2CCC1CC(OC(=O)C(O)(c1ccccc1)c1ccccc1)C2. The Kier molecular flexibility index (Phi) is 6.55. The lowest BCUT2D eigenvalue weighted by molar-refractivity contribution is -0.171. The Bertz CT molecular complexity index is 769. The zero-order valence-electron chi connectivity index (χ0n) is 17.9. The van der Waals surface area contributed by atoms with Crippen LogP contribution in [0.25, 0.3) is 0 Å². The monoisotopic (exact) mass is 407 g/mol. The first-order chi connectivity index (χ1) is 14.6. The minimum Gasteiger partial charge on any atom is -0.460 e. The van der Waals surface area contributed by atoms with E-state index in [1.807, 2.05) is 36.4 Å². The minimum absolute atomic E-state index is 0.128. The molecule has 0 spiro atoms. The number of hydrogen-bond acceptors (Lipinski definition) is 4. The summed E-state index contributed by atoms with van der Waals surface area (Å²) >= 11 is 0.